The van der Waals surface area contributed by atoms with Gasteiger partial charge < -0.3 is 19.7 Å². The Hall–Kier alpha value is -0.780. The molecule has 0 saturated carbocycles. The number of fused-ring (bicyclic) bond motifs is 1. The van der Waals surface area contributed by atoms with Crippen molar-refractivity contribution in [2.45, 2.75) is 12.8 Å². The van der Waals surface area contributed by atoms with Crippen LogP contribution >= 0.6 is 15.9 Å². The van der Waals surface area contributed by atoms with Gasteiger partial charge in [0.2, 0.25) is 0 Å². The Bertz CT molecular complexity index is 461. The van der Waals surface area contributed by atoms with E-state index in [1.165, 1.54) is 5.56 Å². The first-order chi connectivity index (χ1) is 9.84. The van der Waals surface area contributed by atoms with Crippen LogP contribution in [0.1, 0.15) is 12.0 Å². The van der Waals surface area contributed by atoms with Crippen LogP contribution in [0.5, 0.6) is 11.5 Å². The third-order valence-electron chi connectivity index (χ3n) is 3.84. The molecule has 0 unspecified atom stereocenters. The van der Waals surface area contributed by atoms with Crippen LogP contribution in [-0.4, -0.2) is 50.8 Å². The van der Waals surface area contributed by atoms with Gasteiger partial charge in [0.25, 0.3) is 0 Å². The number of hydrogen-bond donors (Lipinski definition) is 1. The fourth-order valence-corrected chi connectivity index (χ4v) is 3.29. The van der Waals surface area contributed by atoms with Crippen molar-refractivity contribution in [3.8, 4) is 11.5 Å². The Morgan fingerprint density at radius 1 is 1.15 bits per heavy atom. The highest BCUT2D eigenvalue weighted by Gasteiger charge is 2.17. The number of nitrogens with one attached hydrogen (secondary N) is 1. The number of piperazine rings is 1. The van der Waals surface area contributed by atoms with Gasteiger partial charge in [0.1, 0.15) is 0 Å². The molecule has 2 aliphatic heterocycles. The van der Waals surface area contributed by atoms with E-state index in [1.807, 2.05) is 6.07 Å². The lowest BCUT2D eigenvalue weighted by atomic mass is 10.1. The Kier molecular flexibility index (Phi) is 4.81. The van der Waals surface area contributed by atoms with Crippen LogP contribution < -0.4 is 14.8 Å². The molecule has 1 aromatic carbocycles. The topological polar surface area (TPSA) is 33.7 Å². The highest BCUT2D eigenvalue weighted by molar-refractivity contribution is 9.10. The zero-order chi connectivity index (χ0) is 13.8. The van der Waals surface area contributed by atoms with Crippen LogP contribution in [0.15, 0.2) is 16.6 Å². The van der Waals surface area contributed by atoms with Crippen molar-refractivity contribution in [1.29, 1.82) is 0 Å². The van der Waals surface area contributed by atoms with E-state index < -0.39 is 0 Å². The Morgan fingerprint density at radius 3 is 2.80 bits per heavy atom. The summed E-state index contributed by atoms with van der Waals surface area (Å²) in [5, 5.41) is 3.38. The van der Waals surface area contributed by atoms with Crippen LogP contribution in [0.4, 0.5) is 0 Å². The summed E-state index contributed by atoms with van der Waals surface area (Å²) in [6, 6.07) is 4.19. The summed E-state index contributed by atoms with van der Waals surface area (Å²) >= 11 is 3.69. The second-order valence-corrected chi connectivity index (χ2v) is 6.05. The number of ether oxygens (including phenoxy) is 2. The summed E-state index contributed by atoms with van der Waals surface area (Å²) in [6.45, 7) is 7.04. The van der Waals surface area contributed by atoms with Crippen molar-refractivity contribution >= 4 is 15.9 Å². The molecule has 0 radical (unpaired) electrons. The average Bonchev–Trinajstić information content (AvgIpc) is 2.74. The van der Waals surface area contributed by atoms with Gasteiger partial charge in [0, 0.05) is 39.1 Å². The third-order valence-corrected chi connectivity index (χ3v) is 4.71. The highest BCUT2D eigenvalue weighted by atomic mass is 79.9. The minimum absolute atomic E-state index is 0.729. The number of halogens is 1. The van der Waals surface area contributed by atoms with E-state index in [-0.39, 0.29) is 0 Å². The predicted octanol–water partition coefficient (Wildman–Crippen LogP) is 2.06. The van der Waals surface area contributed by atoms with Gasteiger partial charge in [-0.3, -0.25) is 0 Å². The van der Waals surface area contributed by atoms with Gasteiger partial charge in [-0.2, -0.15) is 0 Å². The molecule has 0 aliphatic carbocycles. The monoisotopic (exact) mass is 340 g/mol. The Labute approximate surface area is 128 Å². The molecule has 0 amide bonds. The quantitative estimate of drug-likeness (QED) is 0.913. The summed E-state index contributed by atoms with van der Waals surface area (Å²) in [6.07, 6.45) is 1.98. The van der Waals surface area contributed by atoms with Gasteiger partial charge in [-0.05, 0) is 34.0 Å². The summed E-state index contributed by atoms with van der Waals surface area (Å²) in [5.41, 5.74) is 1.30. The molecule has 1 saturated heterocycles. The van der Waals surface area contributed by atoms with E-state index >= 15 is 0 Å². The van der Waals surface area contributed by atoms with Crippen LogP contribution in [0.2, 0.25) is 0 Å². The average molecular weight is 341 g/mol. The number of benzene rings is 1. The summed E-state index contributed by atoms with van der Waals surface area (Å²) in [7, 11) is 0. The lowest BCUT2D eigenvalue weighted by Gasteiger charge is -2.27. The summed E-state index contributed by atoms with van der Waals surface area (Å²) < 4.78 is 12.6. The fourth-order valence-electron chi connectivity index (χ4n) is 2.65. The number of nitrogens with zero attached hydrogens (tertiary/aromatic N) is 1. The Morgan fingerprint density at radius 2 is 1.95 bits per heavy atom. The largest absolute Gasteiger partial charge is 0.490 e. The molecule has 2 aliphatic rings. The maximum Gasteiger partial charge on any atom is 0.175 e. The molecule has 110 valence electrons. The van der Waals surface area contributed by atoms with Gasteiger partial charge >= 0.3 is 0 Å². The lowest BCUT2D eigenvalue weighted by Crippen LogP contribution is -2.44. The summed E-state index contributed by atoms with van der Waals surface area (Å²) in [5.74, 6) is 1.74. The zero-order valence-electron chi connectivity index (χ0n) is 11.7. The van der Waals surface area contributed by atoms with E-state index in [4.69, 9.17) is 9.47 Å². The van der Waals surface area contributed by atoms with Crippen LogP contribution in [0, 0.1) is 0 Å². The van der Waals surface area contributed by atoms with Crippen molar-refractivity contribution < 1.29 is 9.47 Å². The first-order valence-corrected chi connectivity index (χ1v) is 8.14. The van der Waals surface area contributed by atoms with Crippen molar-refractivity contribution in [2.24, 2.45) is 0 Å². The van der Waals surface area contributed by atoms with Crippen LogP contribution in [0.3, 0.4) is 0 Å². The minimum atomic E-state index is 0.729. The molecular formula is C15H21BrN2O2. The standard InChI is InChI=1S/C15H21BrN2O2/c16-14-12(4-7-18-8-5-17-6-9-18)2-3-13-15(14)20-11-1-10-19-13/h2-3,17H,1,4-11H2. The SMILES string of the molecule is Brc1c(CCN2CCNCC2)ccc2c1OCCCO2. The maximum absolute atomic E-state index is 5.82. The molecule has 20 heavy (non-hydrogen) atoms. The van der Waals surface area contributed by atoms with Gasteiger partial charge in [-0.15, -0.1) is 0 Å². The molecule has 0 bridgehead atoms. The fraction of sp³-hybridized carbons (Fsp3) is 0.600. The second-order valence-electron chi connectivity index (χ2n) is 5.26. The lowest BCUT2D eigenvalue weighted by molar-refractivity contribution is 0.243. The van der Waals surface area contributed by atoms with Gasteiger partial charge in [-0.1, -0.05) is 6.07 Å². The van der Waals surface area contributed by atoms with Crippen LogP contribution in [-0.2, 0) is 6.42 Å². The molecule has 1 aromatic rings. The van der Waals surface area contributed by atoms with Crippen molar-refractivity contribution in [3.05, 3.63) is 22.2 Å². The van der Waals surface area contributed by atoms with E-state index in [2.05, 4.69) is 32.2 Å². The molecule has 1 N–H and O–H groups in total. The maximum atomic E-state index is 5.82. The van der Waals surface area contributed by atoms with E-state index in [0.29, 0.717) is 0 Å². The first-order valence-electron chi connectivity index (χ1n) is 7.34. The molecule has 0 aromatic heterocycles. The summed E-state index contributed by atoms with van der Waals surface area (Å²) in [4.78, 5) is 2.51. The van der Waals surface area contributed by atoms with E-state index in [9.17, 15) is 0 Å². The predicted molar refractivity (Wildman–Crippen MR) is 82.8 cm³/mol. The molecule has 5 heteroatoms. The Balaban J connectivity index is 1.68. The smallest absolute Gasteiger partial charge is 0.175 e. The minimum Gasteiger partial charge on any atom is -0.490 e. The van der Waals surface area contributed by atoms with Gasteiger partial charge in [0.15, 0.2) is 11.5 Å². The van der Waals surface area contributed by atoms with Crippen molar-refractivity contribution in [3.63, 3.8) is 0 Å². The zero-order valence-corrected chi connectivity index (χ0v) is 13.2. The van der Waals surface area contributed by atoms with Crippen molar-refractivity contribution in [2.75, 3.05) is 45.9 Å². The molecule has 3 rings (SSSR count). The van der Waals surface area contributed by atoms with Crippen LogP contribution in [0.25, 0.3) is 0 Å². The number of hydrogen-bond acceptors (Lipinski definition) is 4. The molecule has 0 atom stereocenters. The van der Waals surface area contributed by atoms with Gasteiger partial charge in [0.05, 0.1) is 17.7 Å². The normalized spacial score (nSPS) is 19.6. The van der Waals surface area contributed by atoms with Crippen molar-refractivity contribution in [1.82, 2.24) is 10.2 Å². The van der Waals surface area contributed by atoms with E-state index in [1.54, 1.807) is 0 Å². The highest BCUT2D eigenvalue weighted by Crippen LogP contribution is 2.39. The molecular weight excluding hydrogens is 320 g/mol. The molecule has 0 spiro atoms. The molecule has 2 heterocycles. The molecule has 1 fully saturated rings. The van der Waals surface area contributed by atoms with E-state index in [0.717, 1.165) is 74.8 Å². The first kappa shape index (κ1) is 14.2. The third kappa shape index (κ3) is 3.27. The second kappa shape index (κ2) is 6.78. The number of rotatable bonds is 3. The molecule has 4 nitrogen and oxygen atoms in total. The van der Waals surface area contributed by atoms with Gasteiger partial charge in [-0.25, -0.2) is 0 Å².